The zero-order valence-corrected chi connectivity index (χ0v) is 15.7. The lowest BCUT2D eigenvalue weighted by Gasteiger charge is -2.24. The minimum atomic E-state index is -0.510. The van der Waals surface area contributed by atoms with Crippen LogP contribution in [0.15, 0.2) is 30.5 Å². The van der Waals surface area contributed by atoms with E-state index in [0.29, 0.717) is 18.0 Å². The minimum absolute atomic E-state index is 0.121. The number of halogens is 1. The van der Waals surface area contributed by atoms with Crippen LogP contribution in [-0.2, 0) is 9.47 Å². The Kier molecular flexibility index (Phi) is 4.78. The number of hydrogen-bond acceptors (Lipinski definition) is 5. The summed E-state index contributed by atoms with van der Waals surface area (Å²) in [6.07, 6.45) is 6.92. The zero-order chi connectivity index (χ0) is 18.9. The molecule has 2 atom stereocenters. The molecule has 0 spiro atoms. The SMILES string of the molecule is Fc1cccc(-c2nn(C3CCCCO3)c3cnc(C4CCCOC4)cc23)n1. The van der Waals surface area contributed by atoms with Gasteiger partial charge in [-0.1, -0.05) is 6.07 Å². The fourth-order valence-electron chi connectivity index (χ4n) is 4.11. The highest BCUT2D eigenvalue weighted by Crippen LogP contribution is 2.34. The van der Waals surface area contributed by atoms with E-state index in [9.17, 15) is 4.39 Å². The monoisotopic (exact) mass is 382 g/mol. The Labute approximate surface area is 162 Å². The van der Waals surface area contributed by atoms with Gasteiger partial charge in [-0.25, -0.2) is 9.67 Å². The first-order valence-electron chi connectivity index (χ1n) is 10.00. The van der Waals surface area contributed by atoms with Crippen molar-refractivity contribution in [2.75, 3.05) is 19.8 Å². The van der Waals surface area contributed by atoms with Crippen molar-refractivity contribution in [1.29, 1.82) is 0 Å². The first kappa shape index (κ1) is 17.7. The first-order chi connectivity index (χ1) is 13.8. The number of hydrogen-bond donors (Lipinski definition) is 0. The van der Waals surface area contributed by atoms with E-state index in [4.69, 9.17) is 19.6 Å². The maximum atomic E-state index is 13.8. The summed E-state index contributed by atoms with van der Waals surface area (Å²) in [4.78, 5) is 8.79. The van der Waals surface area contributed by atoms with Crippen molar-refractivity contribution in [3.05, 3.63) is 42.1 Å². The molecule has 7 heteroatoms. The molecule has 146 valence electrons. The van der Waals surface area contributed by atoms with Gasteiger partial charge in [0.25, 0.3) is 0 Å². The number of rotatable bonds is 3. The van der Waals surface area contributed by atoms with Crippen LogP contribution in [0.1, 0.15) is 49.9 Å². The van der Waals surface area contributed by atoms with Crippen molar-refractivity contribution in [2.24, 2.45) is 0 Å². The number of aromatic nitrogens is 4. The normalized spacial score (nSPS) is 23.2. The average Bonchev–Trinajstić information content (AvgIpc) is 3.14. The molecule has 0 N–H and O–H groups in total. The summed E-state index contributed by atoms with van der Waals surface area (Å²) in [7, 11) is 0. The van der Waals surface area contributed by atoms with Crippen LogP contribution in [0.25, 0.3) is 22.3 Å². The summed E-state index contributed by atoms with van der Waals surface area (Å²) in [5, 5.41) is 5.74. The summed E-state index contributed by atoms with van der Waals surface area (Å²) in [6.45, 7) is 2.23. The molecule has 28 heavy (non-hydrogen) atoms. The van der Waals surface area contributed by atoms with Gasteiger partial charge in [0.2, 0.25) is 5.95 Å². The molecule has 0 aromatic carbocycles. The second kappa shape index (κ2) is 7.56. The molecule has 6 nitrogen and oxygen atoms in total. The predicted octanol–water partition coefficient (Wildman–Crippen LogP) is 4.23. The van der Waals surface area contributed by atoms with Crippen molar-refractivity contribution in [2.45, 2.75) is 44.2 Å². The van der Waals surface area contributed by atoms with E-state index in [1.165, 1.54) is 6.07 Å². The molecule has 0 amide bonds. The third kappa shape index (κ3) is 3.29. The highest BCUT2D eigenvalue weighted by Gasteiger charge is 2.24. The van der Waals surface area contributed by atoms with E-state index in [0.717, 1.165) is 61.9 Å². The number of pyridine rings is 2. The first-order valence-corrected chi connectivity index (χ1v) is 10.00. The van der Waals surface area contributed by atoms with E-state index in [-0.39, 0.29) is 12.1 Å². The lowest BCUT2D eigenvalue weighted by Crippen LogP contribution is -2.19. The van der Waals surface area contributed by atoms with E-state index in [2.05, 4.69) is 11.1 Å². The Morgan fingerprint density at radius 2 is 2.07 bits per heavy atom. The molecule has 5 rings (SSSR count). The Morgan fingerprint density at radius 3 is 2.86 bits per heavy atom. The molecule has 2 aliphatic heterocycles. The highest BCUT2D eigenvalue weighted by molar-refractivity contribution is 5.92. The number of nitrogens with zero attached hydrogens (tertiary/aromatic N) is 4. The summed E-state index contributed by atoms with van der Waals surface area (Å²) in [6, 6.07) is 6.87. The molecule has 0 saturated carbocycles. The van der Waals surface area contributed by atoms with Crippen LogP contribution in [0.5, 0.6) is 0 Å². The van der Waals surface area contributed by atoms with Crippen molar-refractivity contribution in [3.63, 3.8) is 0 Å². The molecule has 0 aliphatic carbocycles. The summed E-state index contributed by atoms with van der Waals surface area (Å²) >= 11 is 0. The zero-order valence-electron chi connectivity index (χ0n) is 15.7. The molecular weight excluding hydrogens is 359 g/mol. The minimum Gasteiger partial charge on any atom is -0.381 e. The van der Waals surface area contributed by atoms with Gasteiger partial charge in [-0.2, -0.15) is 9.49 Å². The molecule has 0 bridgehead atoms. The van der Waals surface area contributed by atoms with E-state index in [1.807, 2.05) is 10.9 Å². The molecule has 2 unspecified atom stereocenters. The van der Waals surface area contributed by atoms with Crippen molar-refractivity contribution in [1.82, 2.24) is 19.7 Å². The van der Waals surface area contributed by atoms with Crippen LogP contribution in [0.3, 0.4) is 0 Å². The van der Waals surface area contributed by atoms with Gasteiger partial charge in [-0.3, -0.25) is 4.98 Å². The van der Waals surface area contributed by atoms with Crippen LogP contribution in [0.2, 0.25) is 0 Å². The maximum Gasteiger partial charge on any atom is 0.213 e. The summed E-state index contributed by atoms with van der Waals surface area (Å²) < 4.78 is 27.3. The number of fused-ring (bicyclic) bond motifs is 1. The van der Waals surface area contributed by atoms with Crippen molar-refractivity contribution >= 4 is 10.9 Å². The van der Waals surface area contributed by atoms with E-state index < -0.39 is 5.95 Å². The Hall–Kier alpha value is -2.38. The van der Waals surface area contributed by atoms with Crippen molar-refractivity contribution in [3.8, 4) is 11.4 Å². The Morgan fingerprint density at radius 1 is 1.11 bits per heavy atom. The van der Waals surface area contributed by atoms with Crippen molar-refractivity contribution < 1.29 is 13.9 Å². The van der Waals surface area contributed by atoms with Gasteiger partial charge >= 0.3 is 0 Å². The molecule has 2 fully saturated rings. The van der Waals surface area contributed by atoms with Gasteiger partial charge in [0.15, 0.2) is 6.23 Å². The largest absolute Gasteiger partial charge is 0.381 e. The predicted molar refractivity (Wildman–Crippen MR) is 102 cm³/mol. The molecule has 5 heterocycles. The van der Waals surface area contributed by atoms with Crippen LogP contribution in [0, 0.1) is 5.95 Å². The van der Waals surface area contributed by atoms with Crippen LogP contribution in [-0.4, -0.2) is 39.6 Å². The maximum absolute atomic E-state index is 13.8. The fourth-order valence-corrected chi connectivity index (χ4v) is 4.11. The third-order valence-electron chi connectivity index (χ3n) is 5.58. The van der Waals surface area contributed by atoms with Crippen LogP contribution >= 0.6 is 0 Å². The van der Waals surface area contributed by atoms with Gasteiger partial charge in [0.1, 0.15) is 5.69 Å². The van der Waals surface area contributed by atoms with E-state index in [1.54, 1.807) is 12.1 Å². The Bertz CT molecular complexity index is 978. The third-order valence-corrected chi connectivity index (χ3v) is 5.58. The van der Waals surface area contributed by atoms with Gasteiger partial charge in [0.05, 0.1) is 24.0 Å². The fraction of sp³-hybridized carbons (Fsp3) is 0.476. The molecule has 0 radical (unpaired) electrons. The average molecular weight is 382 g/mol. The molecular formula is C21H23FN4O2. The summed E-state index contributed by atoms with van der Waals surface area (Å²) in [5.41, 5.74) is 3.09. The molecule has 2 saturated heterocycles. The topological polar surface area (TPSA) is 62.1 Å². The van der Waals surface area contributed by atoms with Crippen LogP contribution < -0.4 is 0 Å². The molecule has 2 aliphatic rings. The second-order valence-electron chi connectivity index (χ2n) is 7.50. The standard InChI is InChI=1S/C21H23FN4O2/c22-19-7-3-6-16(24-19)21-15-11-17(14-5-4-9-27-13-14)23-12-18(15)26(25-21)20-8-1-2-10-28-20/h3,6-7,11-12,14,20H,1-2,4-5,8-10,13H2. The Balaban J connectivity index is 1.64. The molecule has 3 aromatic rings. The van der Waals surface area contributed by atoms with Gasteiger partial charge in [0, 0.05) is 30.2 Å². The smallest absolute Gasteiger partial charge is 0.213 e. The molecule has 3 aromatic heterocycles. The second-order valence-corrected chi connectivity index (χ2v) is 7.50. The van der Waals surface area contributed by atoms with Gasteiger partial charge in [-0.05, 0) is 50.3 Å². The van der Waals surface area contributed by atoms with E-state index >= 15 is 0 Å². The number of ether oxygens (including phenoxy) is 2. The van der Waals surface area contributed by atoms with Gasteiger partial charge < -0.3 is 9.47 Å². The summed E-state index contributed by atoms with van der Waals surface area (Å²) in [5.74, 6) is -0.232. The lowest BCUT2D eigenvalue weighted by atomic mass is 9.97. The highest BCUT2D eigenvalue weighted by atomic mass is 19.1. The lowest BCUT2D eigenvalue weighted by molar-refractivity contribution is -0.0365. The van der Waals surface area contributed by atoms with Gasteiger partial charge in [-0.15, -0.1) is 0 Å². The quantitative estimate of drug-likeness (QED) is 0.635. The van der Waals surface area contributed by atoms with Crippen LogP contribution in [0.4, 0.5) is 4.39 Å².